The van der Waals surface area contributed by atoms with Crippen LogP contribution < -0.4 is 40.9 Å². The molecule has 0 aliphatic heterocycles. The molecule has 8 aromatic rings. The van der Waals surface area contributed by atoms with E-state index in [9.17, 15) is 40.9 Å². The van der Waals surface area contributed by atoms with Crippen LogP contribution in [0.3, 0.4) is 0 Å². The van der Waals surface area contributed by atoms with Crippen molar-refractivity contribution in [2.75, 3.05) is 0 Å². The normalized spacial score (nSPS) is 8.85. The number of hydrogen-bond acceptors (Lipinski definition) is 16. The van der Waals surface area contributed by atoms with Gasteiger partial charge >= 0.3 is 43.4 Å². The van der Waals surface area contributed by atoms with Crippen molar-refractivity contribution < 1.29 is 84.3 Å². The summed E-state index contributed by atoms with van der Waals surface area (Å²) in [7, 11) is 0. The molecule has 0 N–H and O–H groups in total. The topological polar surface area (TPSA) is 236 Å². The number of nitrogens with zero attached hydrogens (tertiary/aromatic N) is 4. The summed E-state index contributed by atoms with van der Waals surface area (Å²) in [6.07, 6.45) is 6.47. The fourth-order valence-electron chi connectivity index (χ4n) is 3.72. The molecule has 4 aromatic carbocycles. The van der Waals surface area contributed by atoms with E-state index in [-0.39, 0.29) is 92.9 Å². The minimum atomic E-state index is -0.221. The van der Waals surface area contributed by atoms with Gasteiger partial charge in [0.25, 0.3) is 0 Å². The SMILES string of the molecule is [O-]Cc1ccccn1.[O-]Cc1ccccn1.[O-]Cc1ccccn1.[O-]Cc1ccccn1.[O-]c1ccc(S)cc1.[O-]c1ccc(S)cc1.[O-]c1ccc(S)cc1.[O-]c1ccc(S)cc1.[Ti+4].[Ti+4]. The zero-order valence-electron chi connectivity index (χ0n) is 35.1. The van der Waals surface area contributed by atoms with Gasteiger partial charge in [0, 0.05) is 67.1 Å². The zero-order chi connectivity index (χ0) is 47.2. The van der Waals surface area contributed by atoms with E-state index < -0.39 is 0 Å². The van der Waals surface area contributed by atoms with Crippen LogP contribution >= 0.6 is 50.5 Å². The maximum atomic E-state index is 10.4. The van der Waals surface area contributed by atoms with Gasteiger partial charge in [-0.25, -0.2) is 0 Å². The molecular weight excluding hydrogens is 985 g/mol. The Kier molecular flexibility index (Phi) is 40.1. The summed E-state index contributed by atoms with van der Waals surface area (Å²) in [4.78, 5) is 18.4. The summed E-state index contributed by atoms with van der Waals surface area (Å²) in [5, 5.41) is 81.8. The smallest absolute Gasteiger partial charge is 0.872 e. The van der Waals surface area contributed by atoms with Crippen LogP contribution in [0, 0.1) is 0 Å². The molecule has 0 amide bonds. The predicted molar refractivity (Wildman–Crippen MR) is 244 cm³/mol. The van der Waals surface area contributed by atoms with E-state index in [4.69, 9.17) is 0 Å². The van der Waals surface area contributed by atoms with Gasteiger partial charge in [0.2, 0.25) is 0 Å². The van der Waals surface area contributed by atoms with Gasteiger partial charge in [-0.15, -0.1) is 73.5 Å². The van der Waals surface area contributed by atoms with Crippen molar-refractivity contribution in [3.8, 4) is 23.0 Å². The summed E-state index contributed by atoms with van der Waals surface area (Å²) < 4.78 is 0. The standard InChI is InChI=1S/4C6H6NO.4C6H6OS.2Ti/c4*8-5-6-3-1-2-4-7-6;4*7-5-1-3-6(8)4-2-5;;/h4*1-4H,5H2;4*1-4,7-8H;;/q4*-1;;;;;2*+4/p-4. The molecule has 12 nitrogen and oxygen atoms in total. The molecule has 18 heteroatoms. The van der Waals surface area contributed by atoms with E-state index in [1.165, 1.54) is 48.5 Å². The van der Waals surface area contributed by atoms with Gasteiger partial charge in [-0.3, -0.25) is 19.9 Å². The Morgan fingerprint density at radius 3 is 0.530 bits per heavy atom. The first-order chi connectivity index (χ1) is 30.9. The molecule has 0 bridgehead atoms. The van der Waals surface area contributed by atoms with Crippen LogP contribution in [0.5, 0.6) is 23.0 Å². The van der Waals surface area contributed by atoms with E-state index in [1.54, 1.807) is 146 Å². The molecule has 0 radical (unpaired) electrons. The minimum Gasteiger partial charge on any atom is -0.872 e. The Labute approximate surface area is 437 Å². The summed E-state index contributed by atoms with van der Waals surface area (Å²) >= 11 is 16.0. The first kappa shape index (κ1) is 63.4. The Bertz CT molecular complexity index is 1870. The number of aromatic nitrogens is 4. The average Bonchev–Trinajstić information content (AvgIpc) is 3.35. The van der Waals surface area contributed by atoms with Gasteiger partial charge in [0.1, 0.15) is 0 Å². The first-order valence-corrected chi connectivity index (χ1v) is 20.4. The Morgan fingerprint density at radius 2 is 0.439 bits per heavy atom. The molecule has 336 valence electrons. The molecule has 0 saturated carbocycles. The van der Waals surface area contributed by atoms with Crippen molar-refractivity contribution >= 4 is 50.5 Å². The van der Waals surface area contributed by atoms with Crippen molar-refractivity contribution in [2.45, 2.75) is 46.0 Å². The number of rotatable bonds is 4. The predicted octanol–water partition coefficient (Wildman–Crippen LogP) is 3.96. The number of hydrogen-bond donors (Lipinski definition) is 4. The maximum Gasteiger partial charge on any atom is 4.00 e. The van der Waals surface area contributed by atoms with Gasteiger partial charge in [0.05, 0.1) is 0 Å². The number of pyridine rings is 4. The largest absolute Gasteiger partial charge is 4.00 e. The van der Waals surface area contributed by atoms with Gasteiger partial charge in [0.15, 0.2) is 0 Å². The van der Waals surface area contributed by atoms with Crippen LogP contribution in [0.1, 0.15) is 22.8 Å². The van der Waals surface area contributed by atoms with Crippen molar-refractivity contribution in [1.29, 1.82) is 0 Å². The van der Waals surface area contributed by atoms with Crippen LogP contribution in [0.4, 0.5) is 0 Å². The summed E-state index contributed by atoms with van der Waals surface area (Å²) in [6, 6.07) is 46.5. The second kappa shape index (κ2) is 41.8. The number of thiol groups is 4. The zero-order valence-corrected chi connectivity index (χ0v) is 41.8. The van der Waals surface area contributed by atoms with Crippen molar-refractivity contribution in [3.63, 3.8) is 0 Å². The molecule has 0 aliphatic carbocycles. The molecule has 4 aromatic heterocycles. The van der Waals surface area contributed by atoms with Crippen LogP contribution in [0.25, 0.3) is 0 Å². The third-order valence-electron chi connectivity index (χ3n) is 6.84. The van der Waals surface area contributed by atoms with Crippen LogP contribution in [-0.2, 0) is 69.9 Å². The Balaban J connectivity index is 0. The molecule has 8 rings (SSSR count). The molecule has 0 atom stereocenters. The monoisotopic (exact) mass is 1030 g/mol. The van der Waals surface area contributed by atoms with Crippen LogP contribution in [-0.4, -0.2) is 19.9 Å². The fourth-order valence-corrected chi connectivity index (χ4v) is 4.31. The molecule has 0 spiro atoms. The van der Waals surface area contributed by atoms with Gasteiger partial charge in [-0.05, 0) is 97.1 Å². The summed E-state index contributed by atoms with van der Waals surface area (Å²) in [6.45, 7) is -0.886. The third-order valence-corrected chi connectivity index (χ3v) is 8.04. The van der Waals surface area contributed by atoms with Crippen molar-refractivity contribution in [1.82, 2.24) is 19.9 Å². The average molecular weight is 1030 g/mol. The first-order valence-electron chi connectivity index (χ1n) is 18.6. The molecule has 0 saturated heterocycles. The second-order valence-corrected chi connectivity index (χ2v) is 13.9. The molecule has 4 heterocycles. The summed E-state index contributed by atoms with van der Waals surface area (Å²) in [5.74, 6) is 0.121. The van der Waals surface area contributed by atoms with Crippen LogP contribution in [0.15, 0.2) is 214 Å². The van der Waals surface area contributed by atoms with E-state index in [1.807, 2.05) is 0 Å². The molecule has 0 fully saturated rings. The second-order valence-electron chi connectivity index (χ2n) is 11.8. The van der Waals surface area contributed by atoms with Gasteiger partial charge in [-0.1, -0.05) is 99.2 Å². The molecule has 0 aliphatic rings. The Morgan fingerprint density at radius 1 is 0.273 bits per heavy atom. The molecular formula is C48H44N4O8S4Ti2. The maximum absolute atomic E-state index is 10.4. The van der Waals surface area contributed by atoms with E-state index in [0.29, 0.717) is 22.8 Å². The quantitative estimate of drug-likeness (QED) is 0.145. The summed E-state index contributed by atoms with van der Waals surface area (Å²) in [5.41, 5.74) is 2.42. The fraction of sp³-hybridized carbons (Fsp3) is 0.0833. The van der Waals surface area contributed by atoms with E-state index >= 15 is 0 Å². The minimum absolute atomic E-state index is 0. The third kappa shape index (κ3) is 35.6. The Hall–Kier alpha value is -4.65. The molecule has 0 unspecified atom stereocenters. The van der Waals surface area contributed by atoms with Gasteiger partial charge < -0.3 is 40.9 Å². The van der Waals surface area contributed by atoms with Gasteiger partial charge in [-0.2, -0.15) is 0 Å². The van der Waals surface area contributed by atoms with E-state index in [0.717, 1.165) is 19.6 Å². The number of benzene rings is 4. The van der Waals surface area contributed by atoms with Crippen molar-refractivity contribution in [3.05, 3.63) is 217 Å². The van der Waals surface area contributed by atoms with Crippen molar-refractivity contribution in [2.24, 2.45) is 0 Å². The molecule has 66 heavy (non-hydrogen) atoms. The van der Waals surface area contributed by atoms with Crippen LogP contribution in [0.2, 0.25) is 0 Å². The van der Waals surface area contributed by atoms with E-state index in [2.05, 4.69) is 70.5 Å².